The lowest BCUT2D eigenvalue weighted by molar-refractivity contribution is 0.700. The molecule has 2 N–H and O–H groups in total. The Balaban J connectivity index is 2.14. The Morgan fingerprint density at radius 3 is 2.93 bits per heavy atom. The first-order chi connectivity index (χ1) is 7.23. The second-order valence-electron chi connectivity index (χ2n) is 4.12. The van der Waals surface area contributed by atoms with E-state index in [-0.39, 0.29) is 5.41 Å². The molecule has 0 saturated heterocycles. The first-order valence-electron chi connectivity index (χ1n) is 5.00. The molecule has 2 nitrogen and oxygen atoms in total. The van der Waals surface area contributed by atoms with Crippen molar-refractivity contribution in [2.75, 3.05) is 6.54 Å². The minimum Gasteiger partial charge on any atom is -0.329 e. The van der Waals surface area contributed by atoms with Crippen LogP contribution in [-0.4, -0.2) is 11.5 Å². The van der Waals surface area contributed by atoms with E-state index in [2.05, 4.69) is 39.1 Å². The van der Waals surface area contributed by atoms with E-state index in [9.17, 15) is 0 Å². The molecule has 1 saturated carbocycles. The van der Waals surface area contributed by atoms with E-state index >= 15 is 0 Å². The average molecular weight is 283 g/mol. The topological polar surface area (TPSA) is 38.9 Å². The van der Waals surface area contributed by atoms with Gasteiger partial charge in [-0.3, -0.25) is 0 Å². The molecule has 0 bridgehead atoms. The van der Waals surface area contributed by atoms with E-state index in [4.69, 9.17) is 5.73 Å². The van der Waals surface area contributed by atoms with Gasteiger partial charge in [0, 0.05) is 16.4 Å². The smallest absolute Gasteiger partial charge is 0.101 e. The summed E-state index contributed by atoms with van der Waals surface area (Å²) in [4.78, 5) is 4.69. The lowest BCUT2D eigenvalue weighted by atomic mass is 10.1. The van der Waals surface area contributed by atoms with Gasteiger partial charge in [-0.2, -0.15) is 0 Å². The average Bonchev–Trinajstić information content (AvgIpc) is 2.93. The van der Waals surface area contributed by atoms with Crippen molar-refractivity contribution >= 4 is 37.5 Å². The quantitative estimate of drug-likeness (QED) is 0.920. The lowest BCUT2D eigenvalue weighted by Gasteiger charge is -2.05. The van der Waals surface area contributed by atoms with Gasteiger partial charge in [0.25, 0.3) is 0 Å². The van der Waals surface area contributed by atoms with Crippen LogP contribution in [0.15, 0.2) is 22.7 Å². The van der Waals surface area contributed by atoms with Crippen molar-refractivity contribution in [2.45, 2.75) is 18.3 Å². The predicted molar refractivity (Wildman–Crippen MR) is 67.3 cm³/mol. The van der Waals surface area contributed by atoms with Gasteiger partial charge in [-0.25, -0.2) is 4.98 Å². The summed E-state index contributed by atoms with van der Waals surface area (Å²) < 4.78 is 2.34. The van der Waals surface area contributed by atoms with Gasteiger partial charge in [-0.1, -0.05) is 15.9 Å². The Bertz CT molecular complexity index is 516. The van der Waals surface area contributed by atoms with E-state index in [1.807, 2.05) is 0 Å². The van der Waals surface area contributed by atoms with Crippen LogP contribution in [-0.2, 0) is 5.41 Å². The Morgan fingerprint density at radius 1 is 1.47 bits per heavy atom. The van der Waals surface area contributed by atoms with Crippen LogP contribution in [0, 0.1) is 0 Å². The fourth-order valence-electron chi connectivity index (χ4n) is 1.78. The Hall–Kier alpha value is -0.450. The SMILES string of the molecule is NCC1(c2nc3cc(Br)ccc3s2)CC1. The second-order valence-corrected chi connectivity index (χ2v) is 6.06. The zero-order valence-electron chi connectivity index (χ0n) is 8.16. The fourth-order valence-corrected chi connectivity index (χ4v) is 3.33. The zero-order valence-corrected chi connectivity index (χ0v) is 10.6. The van der Waals surface area contributed by atoms with Gasteiger partial charge in [0.2, 0.25) is 0 Å². The van der Waals surface area contributed by atoms with Crippen molar-refractivity contribution in [2.24, 2.45) is 5.73 Å². The number of rotatable bonds is 2. The molecule has 1 heterocycles. The van der Waals surface area contributed by atoms with Crippen LogP contribution in [0.2, 0.25) is 0 Å². The number of halogens is 1. The third-order valence-electron chi connectivity index (χ3n) is 3.05. The monoisotopic (exact) mass is 282 g/mol. The Labute approximate surface area is 101 Å². The van der Waals surface area contributed by atoms with Crippen LogP contribution in [0.25, 0.3) is 10.2 Å². The summed E-state index contributed by atoms with van der Waals surface area (Å²) in [5.74, 6) is 0. The van der Waals surface area contributed by atoms with Crippen molar-refractivity contribution in [1.82, 2.24) is 4.98 Å². The number of nitrogens with two attached hydrogens (primary N) is 1. The van der Waals surface area contributed by atoms with Crippen LogP contribution in [0.5, 0.6) is 0 Å². The minimum absolute atomic E-state index is 0.218. The molecule has 15 heavy (non-hydrogen) atoms. The second kappa shape index (κ2) is 3.27. The van der Waals surface area contributed by atoms with Crippen LogP contribution >= 0.6 is 27.3 Å². The molecule has 1 aromatic carbocycles. The molecule has 0 radical (unpaired) electrons. The van der Waals surface area contributed by atoms with Gasteiger partial charge in [-0.05, 0) is 31.0 Å². The van der Waals surface area contributed by atoms with E-state index in [0.29, 0.717) is 0 Å². The molecule has 0 atom stereocenters. The largest absolute Gasteiger partial charge is 0.329 e. The fraction of sp³-hybridized carbons (Fsp3) is 0.364. The number of thiazole rings is 1. The van der Waals surface area contributed by atoms with E-state index < -0.39 is 0 Å². The molecule has 0 amide bonds. The van der Waals surface area contributed by atoms with Gasteiger partial charge in [0.1, 0.15) is 5.01 Å². The van der Waals surface area contributed by atoms with Gasteiger partial charge >= 0.3 is 0 Å². The molecule has 3 rings (SSSR count). The van der Waals surface area contributed by atoms with Gasteiger partial charge < -0.3 is 5.73 Å². The number of hydrogen-bond acceptors (Lipinski definition) is 3. The minimum atomic E-state index is 0.218. The van der Waals surface area contributed by atoms with Crippen LogP contribution in [0.4, 0.5) is 0 Å². The van der Waals surface area contributed by atoms with Gasteiger partial charge in [0.15, 0.2) is 0 Å². The molecule has 1 aromatic heterocycles. The summed E-state index contributed by atoms with van der Waals surface area (Å²) in [5.41, 5.74) is 7.12. The molecule has 1 fully saturated rings. The molecular formula is C11H11BrN2S. The van der Waals surface area contributed by atoms with Gasteiger partial charge in [0.05, 0.1) is 10.2 Å². The third-order valence-corrected chi connectivity index (χ3v) is 4.82. The van der Waals surface area contributed by atoms with E-state index in [0.717, 1.165) is 16.5 Å². The number of nitrogens with zero attached hydrogens (tertiary/aromatic N) is 1. The molecule has 2 aromatic rings. The van der Waals surface area contributed by atoms with Crippen molar-refractivity contribution in [3.8, 4) is 0 Å². The molecule has 0 spiro atoms. The van der Waals surface area contributed by atoms with Crippen molar-refractivity contribution in [1.29, 1.82) is 0 Å². The standard InChI is InChI=1S/C11H11BrN2S/c12-7-1-2-9-8(5-7)14-10(15-9)11(6-13)3-4-11/h1-2,5H,3-4,6,13H2. The van der Waals surface area contributed by atoms with Crippen molar-refractivity contribution in [3.05, 3.63) is 27.7 Å². The van der Waals surface area contributed by atoms with Crippen LogP contribution in [0.3, 0.4) is 0 Å². The summed E-state index contributed by atoms with van der Waals surface area (Å²) in [6.07, 6.45) is 2.40. The summed E-state index contributed by atoms with van der Waals surface area (Å²) in [6.45, 7) is 0.730. The molecule has 1 aliphatic rings. The van der Waals surface area contributed by atoms with Crippen molar-refractivity contribution in [3.63, 3.8) is 0 Å². The maximum atomic E-state index is 5.81. The van der Waals surface area contributed by atoms with Crippen LogP contribution in [0.1, 0.15) is 17.8 Å². The summed E-state index contributed by atoms with van der Waals surface area (Å²) in [7, 11) is 0. The normalized spacial score (nSPS) is 18.3. The summed E-state index contributed by atoms with van der Waals surface area (Å²) in [5, 5.41) is 1.22. The molecule has 1 aliphatic carbocycles. The summed E-state index contributed by atoms with van der Waals surface area (Å²) in [6, 6.07) is 6.25. The highest BCUT2D eigenvalue weighted by atomic mass is 79.9. The third kappa shape index (κ3) is 1.51. The predicted octanol–water partition coefficient (Wildman–Crippen LogP) is 3.05. The highest BCUT2D eigenvalue weighted by Gasteiger charge is 2.45. The molecule has 0 unspecified atom stereocenters. The first-order valence-corrected chi connectivity index (χ1v) is 6.61. The Kier molecular flexibility index (Phi) is 2.13. The van der Waals surface area contributed by atoms with E-state index in [1.165, 1.54) is 22.5 Å². The maximum absolute atomic E-state index is 5.81. The lowest BCUT2D eigenvalue weighted by Crippen LogP contribution is -2.19. The number of hydrogen-bond donors (Lipinski definition) is 1. The molecule has 4 heteroatoms. The maximum Gasteiger partial charge on any atom is 0.101 e. The number of benzene rings is 1. The summed E-state index contributed by atoms with van der Waals surface area (Å²) >= 11 is 5.25. The number of aromatic nitrogens is 1. The highest BCUT2D eigenvalue weighted by Crippen LogP contribution is 2.49. The molecular weight excluding hydrogens is 272 g/mol. The zero-order chi connectivity index (χ0) is 10.5. The Morgan fingerprint density at radius 2 is 2.27 bits per heavy atom. The first kappa shape index (κ1) is 9.75. The highest BCUT2D eigenvalue weighted by molar-refractivity contribution is 9.10. The van der Waals surface area contributed by atoms with Gasteiger partial charge in [-0.15, -0.1) is 11.3 Å². The van der Waals surface area contributed by atoms with Crippen LogP contribution < -0.4 is 5.73 Å². The van der Waals surface area contributed by atoms with Crippen molar-refractivity contribution < 1.29 is 0 Å². The molecule has 0 aliphatic heterocycles. The molecule has 78 valence electrons. The number of fused-ring (bicyclic) bond motifs is 1. The van der Waals surface area contributed by atoms with E-state index in [1.54, 1.807) is 11.3 Å².